The first-order chi connectivity index (χ1) is 10.3. The van der Waals surface area contributed by atoms with Crippen molar-refractivity contribution in [2.24, 2.45) is 0 Å². The lowest BCUT2D eigenvalue weighted by Gasteiger charge is -2.12. The van der Waals surface area contributed by atoms with Crippen molar-refractivity contribution in [3.8, 4) is 11.8 Å². The van der Waals surface area contributed by atoms with Gasteiger partial charge in [-0.1, -0.05) is 0 Å². The second-order valence-electron chi connectivity index (χ2n) is 4.40. The number of fused-ring (bicyclic) bond motifs is 1. The molecule has 0 bridgehead atoms. The van der Waals surface area contributed by atoms with E-state index < -0.39 is 0 Å². The predicted molar refractivity (Wildman–Crippen MR) is 78.6 cm³/mol. The van der Waals surface area contributed by atoms with Crippen molar-refractivity contribution < 1.29 is 9.47 Å². The highest BCUT2D eigenvalue weighted by Crippen LogP contribution is 2.25. The maximum absolute atomic E-state index is 5.25. The molecule has 7 heteroatoms. The highest BCUT2D eigenvalue weighted by atomic mass is 16.5. The molecular weight excluding hydrogens is 270 g/mol. The first-order valence-corrected chi connectivity index (χ1v) is 6.40. The fraction of sp³-hybridized carbons (Fsp3) is 0.214. The summed E-state index contributed by atoms with van der Waals surface area (Å²) in [4.78, 5) is 8.18. The Morgan fingerprint density at radius 3 is 2.62 bits per heavy atom. The lowest BCUT2D eigenvalue weighted by atomic mass is 10.2. The Balaban J connectivity index is 1.83. The number of aromatic nitrogens is 4. The third-order valence-electron chi connectivity index (χ3n) is 3.16. The molecule has 0 spiro atoms. The van der Waals surface area contributed by atoms with E-state index in [2.05, 4.69) is 25.5 Å². The molecule has 1 aromatic carbocycles. The zero-order valence-electron chi connectivity index (χ0n) is 11.8. The van der Waals surface area contributed by atoms with E-state index in [4.69, 9.17) is 9.47 Å². The first-order valence-electron chi connectivity index (χ1n) is 6.40. The fourth-order valence-corrected chi connectivity index (χ4v) is 2.12. The zero-order chi connectivity index (χ0) is 14.7. The quantitative estimate of drug-likeness (QED) is 0.745. The molecule has 0 amide bonds. The van der Waals surface area contributed by atoms with Gasteiger partial charge in [0.1, 0.15) is 6.33 Å². The van der Waals surface area contributed by atoms with Gasteiger partial charge in [-0.15, -0.1) is 0 Å². The summed E-state index contributed by atoms with van der Waals surface area (Å²) >= 11 is 0. The largest absolute Gasteiger partial charge is 0.481 e. The van der Waals surface area contributed by atoms with Gasteiger partial charge >= 0.3 is 0 Å². The van der Waals surface area contributed by atoms with Gasteiger partial charge in [-0.25, -0.2) is 9.97 Å². The SMILES string of the molecule is COc1ncnc(OC)c1CNc1ccc2cn[nH]c2c1. The van der Waals surface area contributed by atoms with Gasteiger partial charge in [0.2, 0.25) is 11.8 Å². The number of aromatic amines is 1. The normalized spacial score (nSPS) is 10.6. The Bertz CT molecular complexity index is 734. The predicted octanol–water partition coefficient (Wildman–Crippen LogP) is 1.98. The molecule has 2 heterocycles. The monoisotopic (exact) mass is 285 g/mol. The van der Waals surface area contributed by atoms with Crippen molar-refractivity contribution in [2.75, 3.05) is 19.5 Å². The van der Waals surface area contributed by atoms with Crippen LogP contribution in [0.4, 0.5) is 5.69 Å². The van der Waals surface area contributed by atoms with E-state index in [1.807, 2.05) is 18.2 Å². The molecule has 0 atom stereocenters. The van der Waals surface area contributed by atoms with Crippen LogP contribution in [0.5, 0.6) is 11.8 Å². The van der Waals surface area contributed by atoms with Crippen LogP contribution in [-0.2, 0) is 6.54 Å². The molecule has 0 aliphatic carbocycles. The molecule has 0 aliphatic heterocycles. The van der Waals surface area contributed by atoms with Crippen LogP contribution in [-0.4, -0.2) is 34.4 Å². The number of anilines is 1. The number of nitrogens with zero attached hydrogens (tertiary/aromatic N) is 3. The Morgan fingerprint density at radius 1 is 1.14 bits per heavy atom. The van der Waals surface area contributed by atoms with E-state index in [0.717, 1.165) is 22.2 Å². The van der Waals surface area contributed by atoms with Crippen LogP contribution in [0.25, 0.3) is 10.9 Å². The molecule has 0 fully saturated rings. The second kappa shape index (κ2) is 5.66. The maximum Gasteiger partial charge on any atom is 0.225 e. The highest BCUT2D eigenvalue weighted by Gasteiger charge is 2.12. The summed E-state index contributed by atoms with van der Waals surface area (Å²) in [5.41, 5.74) is 2.70. The lowest BCUT2D eigenvalue weighted by Crippen LogP contribution is -2.06. The summed E-state index contributed by atoms with van der Waals surface area (Å²) in [5.74, 6) is 0.994. The van der Waals surface area contributed by atoms with Crippen molar-refractivity contribution in [1.29, 1.82) is 0 Å². The molecule has 2 N–H and O–H groups in total. The number of ether oxygens (including phenoxy) is 2. The van der Waals surface area contributed by atoms with Crippen molar-refractivity contribution in [1.82, 2.24) is 20.2 Å². The van der Waals surface area contributed by atoms with Crippen LogP contribution in [0.15, 0.2) is 30.7 Å². The Hall–Kier alpha value is -2.83. The second-order valence-corrected chi connectivity index (χ2v) is 4.40. The number of hydrogen-bond acceptors (Lipinski definition) is 6. The van der Waals surface area contributed by atoms with Crippen molar-refractivity contribution in [3.63, 3.8) is 0 Å². The molecular formula is C14H15N5O2. The van der Waals surface area contributed by atoms with E-state index in [1.165, 1.54) is 6.33 Å². The average Bonchev–Trinajstić information content (AvgIpc) is 3.00. The molecule has 2 aromatic heterocycles. The minimum absolute atomic E-state index is 0.493. The highest BCUT2D eigenvalue weighted by molar-refractivity contribution is 5.81. The summed E-state index contributed by atoms with van der Waals surface area (Å²) in [6.07, 6.45) is 3.20. The number of benzene rings is 1. The third-order valence-corrected chi connectivity index (χ3v) is 3.16. The summed E-state index contributed by atoms with van der Waals surface area (Å²) in [5, 5.41) is 11.3. The molecule has 0 saturated heterocycles. The maximum atomic E-state index is 5.25. The average molecular weight is 285 g/mol. The molecule has 3 rings (SSSR count). The summed E-state index contributed by atoms with van der Waals surface area (Å²) < 4.78 is 10.5. The van der Waals surface area contributed by atoms with E-state index >= 15 is 0 Å². The molecule has 0 unspecified atom stereocenters. The smallest absolute Gasteiger partial charge is 0.225 e. The molecule has 0 aliphatic rings. The van der Waals surface area contributed by atoms with Gasteiger partial charge in [0, 0.05) is 11.1 Å². The summed E-state index contributed by atoms with van der Waals surface area (Å²) in [6.45, 7) is 0.493. The van der Waals surface area contributed by atoms with Crippen LogP contribution < -0.4 is 14.8 Å². The molecule has 0 saturated carbocycles. The third kappa shape index (κ3) is 2.58. The number of nitrogens with one attached hydrogen (secondary N) is 2. The molecule has 3 aromatic rings. The van der Waals surface area contributed by atoms with Gasteiger partial charge in [-0.3, -0.25) is 5.10 Å². The van der Waals surface area contributed by atoms with Gasteiger partial charge in [-0.05, 0) is 18.2 Å². The van der Waals surface area contributed by atoms with Gasteiger partial charge in [-0.2, -0.15) is 5.10 Å². The molecule has 108 valence electrons. The van der Waals surface area contributed by atoms with Crippen molar-refractivity contribution in [2.45, 2.75) is 6.54 Å². The topological polar surface area (TPSA) is 85.0 Å². The minimum Gasteiger partial charge on any atom is -0.481 e. The Kier molecular flexibility index (Phi) is 3.55. The molecule has 7 nitrogen and oxygen atoms in total. The lowest BCUT2D eigenvalue weighted by molar-refractivity contribution is 0.363. The number of hydrogen-bond donors (Lipinski definition) is 2. The first kappa shape index (κ1) is 13.2. The van der Waals surface area contributed by atoms with Gasteiger partial charge < -0.3 is 14.8 Å². The number of methoxy groups -OCH3 is 2. The van der Waals surface area contributed by atoms with E-state index in [9.17, 15) is 0 Å². The molecule has 21 heavy (non-hydrogen) atoms. The fourth-order valence-electron chi connectivity index (χ4n) is 2.12. The standard InChI is InChI=1S/C14H15N5O2/c1-20-13-11(14(21-2)17-8-16-13)7-15-10-4-3-9-6-18-19-12(9)5-10/h3-6,8,15H,7H2,1-2H3,(H,18,19). The van der Waals surface area contributed by atoms with Gasteiger partial charge in [0.25, 0.3) is 0 Å². The van der Waals surface area contributed by atoms with Crippen LogP contribution in [0.1, 0.15) is 5.56 Å². The van der Waals surface area contributed by atoms with Crippen molar-refractivity contribution >= 4 is 16.6 Å². The van der Waals surface area contributed by atoms with Gasteiger partial charge in [0.05, 0.1) is 38.0 Å². The van der Waals surface area contributed by atoms with E-state index in [1.54, 1.807) is 20.4 Å². The summed E-state index contributed by atoms with van der Waals surface area (Å²) in [7, 11) is 3.14. The summed E-state index contributed by atoms with van der Waals surface area (Å²) in [6, 6.07) is 5.98. The van der Waals surface area contributed by atoms with Gasteiger partial charge in [0.15, 0.2) is 0 Å². The van der Waals surface area contributed by atoms with E-state index in [0.29, 0.717) is 18.3 Å². The minimum atomic E-state index is 0.493. The Morgan fingerprint density at radius 2 is 1.90 bits per heavy atom. The number of H-pyrrole nitrogens is 1. The zero-order valence-corrected chi connectivity index (χ0v) is 11.8. The van der Waals surface area contributed by atoms with Crippen LogP contribution in [0, 0.1) is 0 Å². The van der Waals surface area contributed by atoms with Crippen LogP contribution >= 0.6 is 0 Å². The van der Waals surface area contributed by atoms with Crippen molar-refractivity contribution in [3.05, 3.63) is 36.3 Å². The van der Waals surface area contributed by atoms with Crippen LogP contribution in [0.3, 0.4) is 0 Å². The number of rotatable bonds is 5. The van der Waals surface area contributed by atoms with E-state index in [-0.39, 0.29) is 0 Å². The molecule has 0 radical (unpaired) electrons. The van der Waals surface area contributed by atoms with Crippen LogP contribution in [0.2, 0.25) is 0 Å². The Labute approximate surface area is 121 Å².